The predicted molar refractivity (Wildman–Crippen MR) is 64.1 cm³/mol. The van der Waals surface area contributed by atoms with Crippen LogP contribution in [0.1, 0.15) is 10.5 Å². The van der Waals surface area contributed by atoms with Crippen LogP contribution in [0.5, 0.6) is 5.75 Å². The van der Waals surface area contributed by atoms with Gasteiger partial charge >= 0.3 is 0 Å². The van der Waals surface area contributed by atoms with Gasteiger partial charge in [0.1, 0.15) is 17.5 Å². The fourth-order valence-corrected chi connectivity index (χ4v) is 1.33. The molecule has 1 heterocycles. The van der Waals surface area contributed by atoms with E-state index in [1.54, 1.807) is 30.3 Å². The van der Waals surface area contributed by atoms with E-state index in [0.29, 0.717) is 17.1 Å². The van der Waals surface area contributed by atoms with Crippen LogP contribution in [0.25, 0.3) is 0 Å². The number of ether oxygens (including phenoxy) is 1. The zero-order valence-corrected chi connectivity index (χ0v) is 9.38. The molecule has 90 valence electrons. The van der Waals surface area contributed by atoms with Gasteiger partial charge in [-0.25, -0.2) is 0 Å². The number of nitrogens with one attached hydrogen (secondary N) is 2. The van der Waals surface area contributed by atoms with Crippen LogP contribution < -0.4 is 10.1 Å². The summed E-state index contributed by atoms with van der Waals surface area (Å²) in [4.78, 5) is 11.7. The van der Waals surface area contributed by atoms with E-state index in [0.717, 1.165) is 0 Å². The third-order valence-corrected chi connectivity index (χ3v) is 2.16. The lowest BCUT2D eigenvalue weighted by Crippen LogP contribution is -2.12. The number of nitrogens with zero attached hydrogens (tertiary/aromatic N) is 2. The van der Waals surface area contributed by atoms with Crippen molar-refractivity contribution in [2.24, 2.45) is 0 Å². The summed E-state index contributed by atoms with van der Waals surface area (Å²) in [6, 6.07) is 10.2. The standard InChI is InChI=1S/C12H10N4O2/c13-6-8-18-10-3-1-9(2-4-10)15-12(17)11-5-7-14-16-11/h1-5,7H,8H2,(H,14,16)(H,15,17). The number of aromatic nitrogens is 2. The van der Waals surface area contributed by atoms with E-state index in [9.17, 15) is 4.79 Å². The van der Waals surface area contributed by atoms with Gasteiger partial charge in [-0.2, -0.15) is 10.4 Å². The maximum Gasteiger partial charge on any atom is 0.273 e. The van der Waals surface area contributed by atoms with Crippen molar-refractivity contribution in [3.05, 3.63) is 42.2 Å². The van der Waals surface area contributed by atoms with E-state index >= 15 is 0 Å². The van der Waals surface area contributed by atoms with E-state index in [1.807, 2.05) is 6.07 Å². The van der Waals surface area contributed by atoms with Gasteiger partial charge in [0, 0.05) is 11.9 Å². The average molecular weight is 242 g/mol. The first-order chi connectivity index (χ1) is 8.79. The highest BCUT2D eigenvalue weighted by molar-refractivity contribution is 6.02. The van der Waals surface area contributed by atoms with Crippen LogP contribution in [0.4, 0.5) is 5.69 Å². The topological polar surface area (TPSA) is 90.8 Å². The summed E-state index contributed by atoms with van der Waals surface area (Å²) in [5, 5.41) is 17.3. The minimum Gasteiger partial charge on any atom is -0.479 e. The maximum atomic E-state index is 11.7. The van der Waals surface area contributed by atoms with Crippen molar-refractivity contribution in [1.82, 2.24) is 10.2 Å². The second-order valence-corrected chi connectivity index (χ2v) is 3.40. The molecule has 1 aromatic carbocycles. The molecule has 18 heavy (non-hydrogen) atoms. The molecule has 0 saturated carbocycles. The van der Waals surface area contributed by atoms with Crippen molar-refractivity contribution in [2.75, 3.05) is 11.9 Å². The number of anilines is 1. The largest absolute Gasteiger partial charge is 0.479 e. The summed E-state index contributed by atoms with van der Waals surface area (Å²) in [6.07, 6.45) is 1.51. The first-order valence-electron chi connectivity index (χ1n) is 5.20. The molecular weight excluding hydrogens is 232 g/mol. The summed E-state index contributed by atoms with van der Waals surface area (Å²) < 4.78 is 5.10. The van der Waals surface area contributed by atoms with Crippen LogP contribution >= 0.6 is 0 Å². The monoisotopic (exact) mass is 242 g/mol. The Bertz CT molecular complexity index is 555. The maximum absolute atomic E-state index is 11.7. The second-order valence-electron chi connectivity index (χ2n) is 3.40. The number of H-pyrrole nitrogens is 1. The minimum atomic E-state index is -0.266. The van der Waals surface area contributed by atoms with Crippen molar-refractivity contribution in [2.45, 2.75) is 0 Å². The highest BCUT2D eigenvalue weighted by atomic mass is 16.5. The van der Waals surface area contributed by atoms with Gasteiger partial charge in [0.15, 0.2) is 6.61 Å². The Balaban J connectivity index is 1.98. The number of carbonyl (C=O) groups excluding carboxylic acids is 1. The van der Waals surface area contributed by atoms with Gasteiger partial charge in [-0.05, 0) is 30.3 Å². The molecule has 2 aromatic rings. The minimum absolute atomic E-state index is 0.000148. The number of aromatic amines is 1. The molecule has 0 unspecified atom stereocenters. The Morgan fingerprint density at radius 1 is 1.39 bits per heavy atom. The van der Waals surface area contributed by atoms with E-state index in [2.05, 4.69) is 15.5 Å². The Hall–Kier alpha value is -2.81. The van der Waals surface area contributed by atoms with Gasteiger partial charge < -0.3 is 10.1 Å². The predicted octanol–water partition coefficient (Wildman–Crippen LogP) is 1.56. The number of carbonyl (C=O) groups is 1. The molecule has 0 radical (unpaired) electrons. The molecule has 6 nitrogen and oxygen atoms in total. The molecule has 0 aliphatic carbocycles. The SMILES string of the molecule is N#CCOc1ccc(NC(=O)c2ccn[nH]2)cc1. The summed E-state index contributed by atoms with van der Waals surface area (Å²) in [6.45, 7) is -0.000148. The van der Waals surface area contributed by atoms with Crippen LogP contribution in [-0.4, -0.2) is 22.7 Å². The Morgan fingerprint density at radius 2 is 2.17 bits per heavy atom. The smallest absolute Gasteiger partial charge is 0.273 e. The van der Waals surface area contributed by atoms with Gasteiger partial charge in [-0.1, -0.05) is 0 Å². The molecule has 0 spiro atoms. The summed E-state index contributed by atoms with van der Waals surface area (Å²) in [5.41, 5.74) is 1.03. The zero-order valence-electron chi connectivity index (χ0n) is 9.38. The van der Waals surface area contributed by atoms with E-state index in [1.165, 1.54) is 6.20 Å². The molecule has 0 saturated heterocycles. The Labute approximate surface area is 103 Å². The fourth-order valence-electron chi connectivity index (χ4n) is 1.33. The van der Waals surface area contributed by atoms with Crippen LogP contribution in [0.3, 0.4) is 0 Å². The second kappa shape index (κ2) is 5.50. The lowest BCUT2D eigenvalue weighted by molar-refractivity contribution is 0.102. The van der Waals surface area contributed by atoms with Gasteiger partial charge in [0.25, 0.3) is 5.91 Å². The number of rotatable bonds is 4. The third-order valence-electron chi connectivity index (χ3n) is 2.16. The quantitative estimate of drug-likeness (QED) is 0.851. The molecule has 0 aliphatic rings. The van der Waals surface area contributed by atoms with E-state index < -0.39 is 0 Å². The van der Waals surface area contributed by atoms with Crippen LogP contribution in [0, 0.1) is 11.3 Å². The van der Waals surface area contributed by atoms with Crippen molar-refractivity contribution in [1.29, 1.82) is 5.26 Å². The molecular formula is C12H10N4O2. The number of nitriles is 1. The van der Waals surface area contributed by atoms with Crippen molar-refractivity contribution in [3.8, 4) is 11.8 Å². The number of amides is 1. The van der Waals surface area contributed by atoms with Crippen LogP contribution in [0.2, 0.25) is 0 Å². The molecule has 2 N–H and O–H groups in total. The zero-order chi connectivity index (χ0) is 12.8. The number of hydrogen-bond acceptors (Lipinski definition) is 4. The van der Waals surface area contributed by atoms with Gasteiger partial charge in [-0.3, -0.25) is 9.89 Å². The van der Waals surface area contributed by atoms with E-state index in [4.69, 9.17) is 10.00 Å². The van der Waals surface area contributed by atoms with Crippen molar-refractivity contribution in [3.63, 3.8) is 0 Å². The lowest BCUT2D eigenvalue weighted by Gasteiger charge is -2.05. The molecule has 0 bridgehead atoms. The normalized spacial score (nSPS) is 9.50. The molecule has 0 atom stereocenters. The molecule has 2 rings (SSSR count). The molecule has 0 aliphatic heterocycles. The molecule has 1 amide bonds. The fraction of sp³-hybridized carbons (Fsp3) is 0.0833. The summed E-state index contributed by atoms with van der Waals surface area (Å²) >= 11 is 0. The molecule has 0 fully saturated rings. The first-order valence-corrected chi connectivity index (χ1v) is 5.20. The lowest BCUT2D eigenvalue weighted by atomic mass is 10.3. The summed E-state index contributed by atoms with van der Waals surface area (Å²) in [5.74, 6) is 0.314. The van der Waals surface area contributed by atoms with Gasteiger partial charge in [0.05, 0.1) is 0 Å². The highest BCUT2D eigenvalue weighted by Gasteiger charge is 2.06. The Morgan fingerprint density at radius 3 is 2.78 bits per heavy atom. The molecule has 6 heteroatoms. The Kier molecular flexibility index (Phi) is 3.56. The van der Waals surface area contributed by atoms with Gasteiger partial charge in [-0.15, -0.1) is 0 Å². The average Bonchev–Trinajstić information content (AvgIpc) is 2.92. The summed E-state index contributed by atoms with van der Waals surface area (Å²) in [7, 11) is 0. The number of hydrogen-bond donors (Lipinski definition) is 2. The number of benzene rings is 1. The highest BCUT2D eigenvalue weighted by Crippen LogP contribution is 2.16. The molecule has 1 aromatic heterocycles. The first kappa shape index (κ1) is 11.7. The third kappa shape index (κ3) is 2.86. The van der Waals surface area contributed by atoms with E-state index in [-0.39, 0.29) is 12.5 Å². The van der Waals surface area contributed by atoms with Crippen molar-refractivity contribution < 1.29 is 9.53 Å². The van der Waals surface area contributed by atoms with Crippen molar-refractivity contribution >= 4 is 11.6 Å². The van der Waals surface area contributed by atoms with Gasteiger partial charge in [0.2, 0.25) is 0 Å². The van der Waals surface area contributed by atoms with Crippen LogP contribution in [-0.2, 0) is 0 Å². The van der Waals surface area contributed by atoms with Crippen LogP contribution in [0.15, 0.2) is 36.5 Å².